The highest BCUT2D eigenvalue weighted by Crippen LogP contribution is 1.99. The Hall–Kier alpha value is -2.22. The first-order valence-corrected chi connectivity index (χ1v) is 4.72. The second-order valence-corrected chi connectivity index (χ2v) is 3.20. The molecule has 0 radical (unpaired) electrons. The fraction of sp³-hybridized carbons (Fsp3) is 0.333. The van der Waals surface area contributed by atoms with Gasteiger partial charge in [0.15, 0.2) is 0 Å². The van der Waals surface area contributed by atoms with E-state index in [2.05, 4.69) is 9.72 Å². The Morgan fingerprint density at radius 2 is 2.18 bits per heavy atom. The van der Waals surface area contributed by atoms with Gasteiger partial charge in [0.05, 0.1) is 0 Å². The number of imidazole rings is 1. The number of hydrogen-bond donors (Lipinski definition) is 2. The molecule has 3 N–H and O–H groups in total. The molecular weight excluding hydrogens is 230 g/mol. The van der Waals surface area contributed by atoms with Crippen molar-refractivity contribution in [1.82, 2.24) is 9.55 Å². The van der Waals surface area contributed by atoms with Crippen molar-refractivity contribution in [3.63, 3.8) is 0 Å². The molecule has 0 saturated carbocycles. The lowest BCUT2D eigenvalue weighted by Gasteiger charge is -2.08. The molecule has 0 aliphatic carbocycles. The first-order valence-electron chi connectivity index (χ1n) is 4.72. The van der Waals surface area contributed by atoms with Crippen LogP contribution in [0.15, 0.2) is 18.7 Å². The van der Waals surface area contributed by atoms with Crippen molar-refractivity contribution < 1.29 is 24.2 Å². The average Bonchev–Trinajstić information content (AvgIpc) is 2.78. The minimum absolute atomic E-state index is 0.0919. The predicted molar refractivity (Wildman–Crippen MR) is 54.0 cm³/mol. The third-order valence-corrected chi connectivity index (χ3v) is 1.88. The number of carbonyl (C=O) groups is 3. The number of nitrogens with two attached hydrogens (primary N) is 1. The fourth-order valence-electron chi connectivity index (χ4n) is 0.978. The quantitative estimate of drug-likeness (QED) is 0.542. The number of carboxylic acid groups (broad SMARTS) is 1. The smallest absolute Gasteiger partial charge is 0.427 e. The molecule has 17 heavy (non-hydrogen) atoms. The zero-order chi connectivity index (χ0) is 12.8. The Morgan fingerprint density at radius 3 is 2.71 bits per heavy atom. The van der Waals surface area contributed by atoms with Crippen molar-refractivity contribution >= 4 is 18.0 Å². The molecule has 92 valence electrons. The van der Waals surface area contributed by atoms with Crippen LogP contribution in [-0.2, 0) is 14.3 Å². The maximum Gasteiger partial charge on any atom is 0.427 e. The van der Waals surface area contributed by atoms with Crippen LogP contribution in [0.1, 0.15) is 12.8 Å². The van der Waals surface area contributed by atoms with Crippen molar-refractivity contribution in [3.8, 4) is 0 Å². The van der Waals surface area contributed by atoms with E-state index in [1.54, 1.807) is 0 Å². The van der Waals surface area contributed by atoms with Crippen LogP contribution in [0.2, 0.25) is 0 Å². The highest BCUT2D eigenvalue weighted by Gasteiger charge is 2.20. The van der Waals surface area contributed by atoms with Crippen LogP contribution in [0.25, 0.3) is 0 Å². The zero-order valence-corrected chi connectivity index (χ0v) is 8.78. The van der Waals surface area contributed by atoms with Gasteiger partial charge in [-0.2, -0.15) is 0 Å². The summed E-state index contributed by atoms with van der Waals surface area (Å²) in [6.07, 6.45) is 2.52. The van der Waals surface area contributed by atoms with Gasteiger partial charge in [-0.05, 0) is 6.42 Å². The number of nitrogens with zero attached hydrogens (tertiary/aromatic N) is 2. The molecule has 0 aliphatic rings. The van der Waals surface area contributed by atoms with Gasteiger partial charge in [0.2, 0.25) is 0 Å². The predicted octanol–water partition coefficient (Wildman–Crippen LogP) is -0.413. The molecule has 0 saturated heterocycles. The van der Waals surface area contributed by atoms with Gasteiger partial charge in [0, 0.05) is 18.8 Å². The van der Waals surface area contributed by atoms with Crippen molar-refractivity contribution in [3.05, 3.63) is 18.7 Å². The third-order valence-electron chi connectivity index (χ3n) is 1.88. The number of carbonyl (C=O) groups excluding carboxylic acids is 2. The molecule has 0 fully saturated rings. The van der Waals surface area contributed by atoms with Crippen molar-refractivity contribution in [2.45, 2.75) is 18.9 Å². The van der Waals surface area contributed by atoms with Gasteiger partial charge in [0.1, 0.15) is 12.4 Å². The molecular formula is C9H11N3O5. The van der Waals surface area contributed by atoms with Gasteiger partial charge in [-0.15, -0.1) is 0 Å². The van der Waals surface area contributed by atoms with E-state index in [1.807, 2.05) is 0 Å². The zero-order valence-electron chi connectivity index (χ0n) is 8.78. The second kappa shape index (κ2) is 5.75. The molecule has 1 atom stereocenters. The summed E-state index contributed by atoms with van der Waals surface area (Å²) >= 11 is 0. The van der Waals surface area contributed by atoms with E-state index in [4.69, 9.17) is 10.8 Å². The lowest BCUT2D eigenvalue weighted by atomic mass is 10.2. The van der Waals surface area contributed by atoms with Gasteiger partial charge in [-0.1, -0.05) is 0 Å². The van der Waals surface area contributed by atoms with Crippen LogP contribution < -0.4 is 5.73 Å². The number of hydrogen-bond acceptors (Lipinski definition) is 6. The van der Waals surface area contributed by atoms with Crippen LogP contribution in [0.3, 0.4) is 0 Å². The number of esters is 1. The number of aromatic nitrogens is 2. The minimum atomic E-state index is -1.14. The van der Waals surface area contributed by atoms with Gasteiger partial charge >= 0.3 is 18.0 Å². The molecule has 1 unspecified atom stereocenters. The van der Waals surface area contributed by atoms with Gasteiger partial charge in [0.25, 0.3) is 0 Å². The Morgan fingerprint density at radius 1 is 1.47 bits per heavy atom. The summed E-state index contributed by atoms with van der Waals surface area (Å²) < 4.78 is 5.38. The van der Waals surface area contributed by atoms with Gasteiger partial charge < -0.3 is 15.6 Å². The van der Waals surface area contributed by atoms with Gasteiger partial charge in [-0.25, -0.2) is 19.1 Å². The van der Waals surface area contributed by atoms with Crippen LogP contribution >= 0.6 is 0 Å². The molecule has 0 amide bonds. The number of ether oxygens (including phenoxy) is 1. The van der Waals surface area contributed by atoms with Crippen LogP contribution in [0.5, 0.6) is 0 Å². The maximum atomic E-state index is 11.3. The highest BCUT2D eigenvalue weighted by molar-refractivity contribution is 5.88. The van der Waals surface area contributed by atoms with E-state index >= 15 is 0 Å². The van der Waals surface area contributed by atoms with Crippen LogP contribution in [0.4, 0.5) is 4.79 Å². The molecule has 0 aliphatic heterocycles. The lowest BCUT2D eigenvalue weighted by molar-refractivity contribution is -0.140. The van der Waals surface area contributed by atoms with Gasteiger partial charge in [-0.3, -0.25) is 4.79 Å². The van der Waals surface area contributed by atoms with Crippen molar-refractivity contribution in [2.75, 3.05) is 0 Å². The highest BCUT2D eigenvalue weighted by atomic mass is 16.6. The third kappa shape index (κ3) is 4.03. The molecule has 8 heteroatoms. The number of carboxylic acids is 1. The Balaban J connectivity index is 2.43. The van der Waals surface area contributed by atoms with E-state index in [0.29, 0.717) is 0 Å². The summed E-state index contributed by atoms with van der Waals surface area (Å²) in [6, 6.07) is -1.14. The van der Waals surface area contributed by atoms with E-state index in [9.17, 15) is 14.4 Å². The number of aliphatic carboxylic acids is 1. The van der Waals surface area contributed by atoms with E-state index in [0.717, 1.165) is 4.57 Å². The summed E-state index contributed by atoms with van der Waals surface area (Å²) in [7, 11) is 0. The van der Waals surface area contributed by atoms with Crippen LogP contribution in [-0.4, -0.2) is 38.7 Å². The Labute approximate surface area is 96.0 Å². The second-order valence-electron chi connectivity index (χ2n) is 3.20. The van der Waals surface area contributed by atoms with E-state index < -0.39 is 24.1 Å². The van der Waals surface area contributed by atoms with Crippen molar-refractivity contribution in [2.24, 2.45) is 5.73 Å². The minimum Gasteiger partial charge on any atom is -0.481 e. The van der Waals surface area contributed by atoms with Crippen molar-refractivity contribution in [1.29, 1.82) is 0 Å². The molecule has 0 aromatic carbocycles. The molecule has 1 heterocycles. The molecule has 1 rings (SSSR count). The normalized spacial score (nSPS) is 11.8. The fourth-order valence-corrected chi connectivity index (χ4v) is 0.978. The van der Waals surface area contributed by atoms with Crippen LogP contribution in [0, 0.1) is 0 Å². The topological polar surface area (TPSA) is 125 Å². The van der Waals surface area contributed by atoms with E-state index in [-0.39, 0.29) is 12.8 Å². The molecule has 0 bridgehead atoms. The summed E-state index contributed by atoms with van der Waals surface area (Å²) in [5.41, 5.74) is 5.35. The summed E-state index contributed by atoms with van der Waals surface area (Å²) in [5, 5.41) is 8.39. The maximum absolute atomic E-state index is 11.3. The summed E-state index contributed by atoms with van der Waals surface area (Å²) in [5.74, 6) is -2.04. The summed E-state index contributed by atoms with van der Waals surface area (Å²) in [4.78, 5) is 36.4. The first kappa shape index (κ1) is 12.8. The van der Waals surface area contributed by atoms with E-state index in [1.165, 1.54) is 18.7 Å². The monoisotopic (exact) mass is 241 g/mol. The molecule has 8 nitrogen and oxygen atoms in total. The average molecular weight is 241 g/mol. The standard InChI is InChI=1S/C9H11N3O5/c10-6(1-2-7(13)14)8(15)17-9(16)12-4-3-11-5-12/h3-6H,1-2,10H2,(H,13,14). The largest absolute Gasteiger partial charge is 0.481 e. The Bertz CT molecular complexity index is 414. The molecule has 1 aromatic heterocycles. The SMILES string of the molecule is NC(CCC(=O)O)C(=O)OC(=O)n1ccnc1. The molecule has 0 spiro atoms. The molecule has 1 aromatic rings. The number of rotatable bonds is 4. The lowest BCUT2D eigenvalue weighted by Crippen LogP contribution is -2.35. The summed E-state index contributed by atoms with van der Waals surface area (Å²) in [6.45, 7) is 0. The Kier molecular flexibility index (Phi) is 4.35. The first-order chi connectivity index (χ1) is 8.00.